The van der Waals surface area contributed by atoms with Gasteiger partial charge in [-0.1, -0.05) is 36.7 Å². The molecule has 1 heterocycles. The number of hydrogen-bond acceptors (Lipinski definition) is 3. The van der Waals surface area contributed by atoms with E-state index in [9.17, 15) is 0 Å². The summed E-state index contributed by atoms with van der Waals surface area (Å²) in [4.78, 5) is 2.44. The van der Waals surface area contributed by atoms with Crippen LogP contribution in [0.2, 0.25) is 5.02 Å². The summed E-state index contributed by atoms with van der Waals surface area (Å²) in [5.74, 6) is 0. The lowest BCUT2D eigenvalue weighted by Crippen LogP contribution is -2.48. The van der Waals surface area contributed by atoms with Crippen LogP contribution in [0.4, 0.5) is 0 Å². The summed E-state index contributed by atoms with van der Waals surface area (Å²) < 4.78 is 5.55. The summed E-state index contributed by atoms with van der Waals surface area (Å²) in [6.45, 7) is 5.26. The fraction of sp³-hybridized carbons (Fsp3) is 0.571. The largest absolute Gasteiger partial charge is 0.378 e. The maximum Gasteiger partial charge on any atom is 0.0622 e. The molecule has 1 saturated heterocycles. The molecule has 0 spiro atoms. The highest BCUT2D eigenvalue weighted by molar-refractivity contribution is 6.31. The van der Waals surface area contributed by atoms with E-state index in [0.29, 0.717) is 12.6 Å². The van der Waals surface area contributed by atoms with Crippen LogP contribution < -0.4 is 5.73 Å². The number of nitrogens with zero attached hydrogens (tertiary/aromatic N) is 1. The molecule has 3 nitrogen and oxygen atoms in total. The summed E-state index contributed by atoms with van der Waals surface area (Å²) in [6.07, 6.45) is 1.07. The molecule has 2 N–H and O–H groups in total. The Morgan fingerprint density at radius 3 is 2.94 bits per heavy atom. The molecule has 1 aromatic rings. The second-order valence-electron chi connectivity index (χ2n) is 4.65. The van der Waals surface area contributed by atoms with Crippen molar-refractivity contribution < 1.29 is 4.74 Å². The normalized spacial score (nSPS) is 22.9. The van der Waals surface area contributed by atoms with Gasteiger partial charge in [-0.25, -0.2) is 0 Å². The highest BCUT2D eigenvalue weighted by Crippen LogP contribution is 2.29. The van der Waals surface area contributed by atoms with Crippen molar-refractivity contribution >= 4 is 11.6 Å². The summed E-state index contributed by atoms with van der Waals surface area (Å²) >= 11 is 6.29. The SMILES string of the molecule is CCC1COCCN1C(CN)c1ccccc1Cl. The Balaban J connectivity index is 2.24. The molecular weight excluding hydrogens is 248 g/mol. The van der Waals surface area contributed by atoms with Crippen molar-refractivity contribution in [2.24, 2.45) is 5.73 Å². The predicted molar refractivity (Wildman–Crippen MR) is 74.9 cm³/mol. The smallest absolute Gasteiger partial charge is 0.0622 e. The van der Waals surface area contributed by atoms with Gasteiger partial charge >= 0.3 is 0 Å². The van der Waals surface area contributed by atoms with Gasteiger partial charge in [0.15, 0.2) is 0 Å². The Kier molecular flexibility index (Phi) is 5.01. The molecule has 0 saturated carbocycles. The molecule has 0 bridgehead atoms. The van der Waals surface area contributed by atoms with Crippen molar-refractivity contribution in [2.75, 3.05) is 26.3 Å². The van der Waals surface area contributed by atoms with Gasteiger partial charge in [0.25, 0.3) is 0 Å². The standard InChI is InChI=1S/C14H21ClN2O/c1-2-11-10-18-8-7-17(11)14(9-16)12-5-3-4-6-13(12)15/h3-6,11,14H,2,7-10,16H2,1H3. The number of rotatable bonds is 4. The minimum Gasteiger partial charge on any atom is -0.378 e. The van der Waals surface area contributed by atoms with Gasteiger partial charge in [-0.15, -0.1) is 0 Å². The Bertz CT molecular complexity index is 386. The van der Waals surface area contributed by atoms with Gasteiger partial charge in [0.2, 0.25) is 0 Å². The molecular formula is C14H21ClN2O. The number of nitrogens with two attached hydrogens (primary N) is 1. The van der Waals surface area contributed by atoms with Gasteiger partial charge in [0, 0.05) is 30.2 Å². The highest BCUT2D eigenvalue weighted by Gasteiger charge is 2.29. The van der Waals surface area contributed by atoms with Crippen molar-refractivity contribution in [2.45, 2.75) is 25.4 Å². The van der Waals surface area contributed by atoms with Crippen LogP contribution in [-0.4, -0.2) is 37.2 Å². The van der Waals surface area contributed by atoms with Crippen molar-refractivity contribution in [3.8, 4) is 0 Å². The van der Waals surface area contributed by atoms with Crippen LogP contribution in [0.15, 0.2) is 24.3 Å². The third-order valence-corrected chi connectivity index (χ3v) is 3.98. The maximum absolute atomic E-state index is 6.29. The molecule has 0 radical (unpaired) electrons. The van der Waals surface area contributed by atoms with Crippen molar-refractivity contribution in [3.05, 3.63) is 34.9 Å². The van der Waals surface area contributed by atoms with Crippen LogP contribution in [0.3, 0.4) is 0 Å². The van der Waals surface area contributed by atoms with E-state index < -0.39 is 0 Å². The minimum atomic E-state index is 0.188. The zero-order valence-electron chi connectivity index (χ0n) is 10.8. The third kappa shape index (κ3) is 2.86. The van der Waals surface area contributed by atoms with Gasteiger partial charge in [0.1, 0.15) is 0 Å². The van der Waals surface area contributed by atoms with Crippen LogP contribution in [0.1, 0.15) is 24.9 Å². The van der Waals surface area contributed by atoms with Crippen molar-refractivity contribution in [1.82, 2.24) is 4.90 Å². The van der Waals surface area contributed by atoms with Gasteiger partial charge in [-0.3, -0.25) is 4.90 Å². The summed E-state index contributed by atoms with van der Waals surface area (Å²) in [5, 5.41) is 0.800. The lowest BCUT2D eigenvalue weighted by Gasteiger charge is -2.40. The number of ether oxygens (including phenoxy) is 1. The van der Waals surface area contributed by atoms with E-state index >= 15 is 0 Å². The molecule has 18 heavy (non-hydrogen) atoms. The topological polar surface area (TPSA) is 38.5 Å². The monoisotopic (exact) mass is 268 g/mol. The van der Waals surface area contributed by atoms with Gasteiger partial charge in [-0.2, -0.15) is 0 Å². The summed E-state index contributed by atoms with van der Waals surface area (Å²) in [6, 6.07) is 8.60. The first-order chi connectivity index (χ1) is 8.77. The van der Waals surface area contributed by atoms with Gasteiger partial charge in [-0.05, 0) is 18.1 Å². The zero-order chi connectivity index (χ0) is 13.0. The van der Waals surface area contributed by atoms with E-state index in [4.69, 9.17) is 22.1 Å². The molecule has 1 fully saturated rings. The van der Waals surface area contributed by atoms with E-state index in [-0.39, 0.29) is 6.04 Å². The second-order valence-corrected chi connectivity index (χ2v) is 5.06. The Morgan fingerprint density at radius 1 is 1.50 bits per heavy atom. The van der Waals surface area contributed by atoms with Crippen LogP contribution in [0.5, 0.6) is 0 Å². The molecule has 0 amide bonds. The van der Waals surface area contributed by atoms with E-state index in [2.05, 4.69) is 17.9 Å². The number of halogens is 1. The number of hydrogen-bond donors (Lipinski definition) is 1. The Labute approximate surface area is 114 Å². The predicted octanol–water partition coefficient (Wildman–Crippen LogP) is 2.45. The first kappa shape index (κ1) is 13.8. The fourth-order valence-electron chi connectivity index (χ4n) is 2.62. The van der Waals surface area contributed by atoms with E-state index in [1.165, 1.54) is 0 Å². The third-order valence-electron chi connectivity index (χ3n) is 3.63. The van der Waals surface area contributed by atoms with E-state index in [1.54, 1.807) is 0 Å². The lowest BCUT2D eigenvalue weighted by molar-refractivity contribution is -0.0290. The van der Waals surface area contributed by atoms with E-state index in [0.717, 1.165) is 36.8 Å². The van der Waals surface area contributed by atoms with Crippen molar-refractivity contribution in [3.63, 3.8) is 0 Å². The molecule has 2 rings (SSSR count). The molecule has 0 aromatic heterocycles. The quantitative estimate of drug-likeness (QED) is 0.912. The van der Waals surface area contributed by atoms with Crippen molar-refractivity contribution in [1.29, 1.82) is 0 Å². The van der Waals surface area contributed by atoms with Crippen LogP contribution >= 0.6 is 11.6 Å². The molecule has 4 heteroatoms. The maximum atomic E-state index is 6.29. The molecule has 2 unspecified atom stereocenters. The first-order valence-corrected chi connectivity index (χ1v) is 6.93. The summed E-state index contributed by atoms with van der Waals surface area (Å²) in [5.41, 5.74) is 7.11. The van der Waals surface area contributed by atoms with Crippen LogP contribution in [0.25, 0.3) is 0 Å². The number of morpholine rings is 1. The zero-order valence-corrected chi connectivity index (χ0v) is 11.6. The minimum absolute atomic E-state index is 0.188. The Hall–Kier alpha value is -0.610. The number of benzene rings is 1. The molecule has 1 aromatic carbocycles. The van der Waals surface area contributed by atoms with Gasteiger partial charge < -0.3 is 10.5 Å². The average molecular weight is 269 g/mol. The first-order valence-electron chi connectivity index (χ1n) is 6.56. The molecule has 0 aliphatic carbocycles. The second kappa shape index (κ2) is 6.53. The molecule has 2 atom stereocenters. The fourth-order valence-corrected chi connectivity index (χ4v) is 2.88. The van der Waals surface area contributed by atoms with Crippen LogP contribution in [-0.2, 0) is 4.74 Å². The van der Waals surface area contributed by atoms with Gasteiger partial charge in [0.05, 0.1) is 13.2 Å². The molecule has 100 valence electrons. The lowest BCUT2D eigenvalue weighted by atomic mass is 10.0. The molecule has 1 aliphatic rings. The molecule has 1 aliphatic heterocycles. The van der Waals surface area contributed by atoms with E-state index in [1.807, 2.05) is 18.2 Å². The van der Waals surface area contributed by atoms with Crippen LogP contribution in [0, 0.1) is 0 Å². The highest BCUT2D eigenvalue weighted by atomic mass is 35.5. The summed E-state index contributed by atoms with van der Waals surface area (Å²) in [7, 11) is 0. The average Bonchev–Trinajstić information content (AvgIpc) is 2.42. The Morgan fingerprint density at radius 2 is 2.28 bits per heavy atom.